The number of rotatable bonds is 1. The van der Waals surface area contributed by atoms with Crippen molar-refractivity contribution in [2.24, 2.45) is 0 Å². The highest BCUT2D eigenvalue weighted by molar-refractivity contribution is 5.66. The van der Waals surface area contributed by atoms with E-state index in [4.69, 9.17) is 5.73 Å². The summed E-state index contributed by atoms with van der Waals surface area (Å²) in [4.78, 5) is 4.34. The van der Waals surface area contributed by atoms with Gasteiger partial charge in [0.1, 0.15) is 11.6 Å². The summed E-state index contributed by atoms with van der Waals surface area (Å²) in [5.74, 6) is 0.976. The Morgan fingerprint density at radius 1 is 1.18 bits per heavy atom. The van der Waals surface area contributed by atoms with Crippen molar-refractivity contribution in [3.8, 4) is 17.1 Å². The number of hydrogen-bond donors (Lipinski definition) is 2. The van der Waals surface area contributed by atoms with Crippen LogP contribution in [0.3, 0.4) is 0 Å². The Kier molecular flexibility index (Phi) is 2.01. The fraction of sp³-hybridized carbons (Fsp3) is 0. The van der Waals surface area contributed by atoms with Gasteiger partial charge in [-0.3, -0.25) is 4.40 Å². The standard InChI is InChI=1S/C13H11N3O/c14-10-3-1-2-9(6-10)13-15-7-11-4-5-12(17)8-16(11)13/h1-8,17H,14H2. The van der Waals surface area contributed by atoms with E-state index in [0.29, 0.717) is 5.69 Å². The molecule has 17 heavy (non-hydrogen) atoms. The first-order valence-corrected chi connectivity index (χ1v) is 5.26. The van der Waals surface area contributed by atoms with E-state index in [9.17, 15) is 5.11 Å². The van der Waals surface area contributed by atoms with Crippen molar-refractivity contribution in [2.45, 2.75) is 0 Å². The largest absolute Gasteiger partial charge is 0.506 e. The van der Waals surface area contributed by atoms with Crippen molar-refractivity contribution in [3.05, 3.63) is 48.8 Å². The van der Waals surface area contributed by atoms with Crippen LogP contribution in [0.4, 0.5) is 5.69 Å². The minimum Gasteiger partial charge on any atom is -0.506 e. The highest BCUT2D eigenvalue weighted by atomic mass is 16.3. The van der Waals surface area contributed by atoms with E-state index in [2.05, 4.69) is 4.98 Å². The summed E-state index contributed by atoms with van der Waals surface area (Å²) in [5.41, 5.74) is 8.30. The molecular weight excluding hydrogens is 214 g/mol. The summed E-state index contributed by atoms with van der Waals surface area (Å²) in [6, 6.07) is 11.0. The predicted molar refractivity (Wildman–Crippen MR) is 66.7 cm³/mol. The first-order valence-electron chi connectivity index (χ1n) is 5.26. The van der Waals surface area contributed by atoms with Gasteiger partial charge in [-0.2, -0.15) is 0 Å². The molecule has 0 amide bonds. The average Bonchev–Trinajstić information content (AvgIpc) is 2.71. The molecule has 4 heteroatoms. The lowest BCUT2D eigenvalue weighted by Crippen LogP contribution is -1.90. The van der Waals surface area contributed by atoms with Crippen LogP contribution in [-0.4, -0.2) is 14.5 Å². The van der Waals surface area contributed by atoms with Crippen LogP contribution in [0.2, 0.25) is 0 Å². The molecule has 0 spiro atoms. The van der Waals surface area contributed by atoms with Crippen molar-refractivity contribution in [3.63, 3.8) is 0 Å². The summed E-state index contributed by atoms with van der Waals surface area (Å²) >= 11 is 0. The molecule has 0 fully saturated rings. The van der Waals surface area contributed by atoms with Crippen LogP contribution in [0.25, 0.3) is 16.9 Å². The van der Waals surface area contributed by atoms with Gasteiger partial charge in [-0.05, 0) is 24.3 Å². The first-order chi connectivity index (χ1) is 8.24. The van der Waals surface area contributed by atoms with E-state index in [1.807, 2.05) is 34.7 Å². The van der Waals surface area contributed by atoms with E-state index < -0.39 is 0 Å². The number of hydrogen-bond acceptors (Lipinski definition) is 3. The predicted octanol–water partition coefficient (Wildman–Crippen LogP) is 2.29. The van der Waals surface area contributed by atoms with Crippen LogP contribution in [0.15, 0.2) is 48.8 Å². The lowest BCUT2D eigenvalue weighted by atomic mass is 10.2. The van der Waals surface area contributed by atoms with Crippen molar-refractivity contribution >= 4 is 11.2 Å². The number of aromatic nitrogens is 2. The molecule has 0 aliphatic heterocycles. The van der Waals surface area contributed by atoms with Crippen LogP contribution >= 0.6 is 0 Å². The molecule has 3 N–H and O–H groups in total. The van der Waals surface area contributed by atoms with Gasteiger partial charge in [0.25, 0.3) is 0 Å². The number of nitrogen functional groups attached to an aromatic ring is 1. The molecule has 0 saturated heterocycles. The monoisotopic (exact) mass is 225 g/mol. The van der Waals surface area contributed by atoms with Gasteiger partial charge < -0.3 is 10.8 Å². The van der Waals surface area contributed by atoms with Gasteiger partial charge in [-0.25, -0.2) is 4.98 Å². The summed E-state index contributed by atoms with van der Waals surface area (Å²) in [7, 11) is 0. The van der Waals surface area contributed by atoms with Gasteiger partial charge >= 0.3 is 0 Å². The molecule has 1 aromatic carbocycles. The minimum absolute atomic E-state index is 0.209. The van der Waals surface area contributed by atoms with Gasteiger partial charge in [-0.1, -0.05) is 12.1 Å². The number of aromatic hydroxyl groups is 1. The molecule has 84 valence electrons. The lowest BCUT2D eigenvalue weighted by Gasteiger charge is -2.03. The van der Waals surface area contributed by atoms with Crippen LogP contribution in [-0.2, 0) is 0 Å². The molecule has 0 unspecified atom stereocenters. The number of benzene rings is 1. The van der Waals surface area contributed by atoms with E-state index in [1.165, 1.54) is 0 Å². The maximum atomic E-state index is 9.50. The van der Waals surface area contributed by atoms with Crippen molar-refractivity contribution < 1.29 is 5.11 Å². The fourth-order valence-electron chi connectivity index (χ4n) is 1.87. The molecule has 0 radical (unpaired) electrons. The van der Waals surface area contributed by atoms with E-state index in [0.717, 1.165) is 16.9 Å². The second-order valence-electron chi connectivity index (χ2n) is 3.89. The number of imidazole rings is 1. The van der Waals surface area contributed by atoms with Crippen LogP contribution in [0, 0.1) is 0 Å². The minimum atomic E-state index is 0.209. The molecule has 0 atom stereocenters. The lowest BCUT2D eigenvalue weighted by molar-refractivity contribution is 0.472. The van der Waals surface area contributed by atoms with Crippen LogP contribution in [0.1, 0.15) is 0 Å². The Morgan fingerprint density at radius 3 is 2.88 bits per heavy atom. The van der Waals surface area contributed by atoms with Gasteiger partial charge in [0.05, 0.1) is 17.9 Å². The maximum Gasteiger partial charge on any atom is 0.144 e. The maximum absolute atomic E-state index is 9.50. The molecule has 2 heterocycles. The second kappa shape index (κ2) is 3.52. The number of pyridine rings is 1. The number of anilines is 1. The third kappa shape index (κ3) is 1.59. The normalized spacial score (nSPS) is 10.8. The zero-order valence-corrected chi connectivity index (χ0v) is 9.04. The number of nitrogens with zero attached hydrogens (tertiary/aromatic N) is 2. The molecule has 3 aromatic rings. The average molecular weight is 225 g/mol. The molecule has 0 saturated carbocycles. The molecule has 2 aromatic heterocycles. The van der Waals surface area contributed by atoms with E-state index in [1.54, 1.807) is 18.5 Å². The van der Waals surface area contributed by atoms with E-state index >= 15 is 0 Å². The zero-order valence-electron chi connectivity index (χ0n) is 9.04. The molecular formula is C13H11N3O. The first kappa shape index (κ1) is 9.72. The number of nitrogens with two attached hydrogens (primary N) is 1. The van der Waals surface area contributed by atoms with Gasteiger partial charge in [-0.15, -0.1) is 0 Å². The van der Waals surface area contributed by atoms with Crippen LogP contribution < -0.4 is 5.73 Å². The smallest absolute Gasteiger partial charge is 0.144 e. The molecule has 4 nitrogen and oxygen atoms in total. The van der Waals surface area contributed by atoms with Gasteiger partial charge in [0, 0.05) is 11.3 Å². The van der Waals surface area contributed by atoms with Crippen molar-refractivity contribution in [1.82, 2.24) is 9.38 Å². The molecule has 3 rings (SSSR count). The highest BCUT2D eigenvalue weighted by Crippen LogP contribution is 2.23. The molecule has 0 aliphatic rings. The third-order valence-corrected chi connectivity index (χ3v) is 2.66. The van der Waals surface area contributed by atoms with E-state index in [-0.39, 0.29) is 5.75 Å². The summed E-state index contributed by atoms with van der Waals surface area (Å²) in [5, 5.41) is 9.50. The highest BCUT2D eigenvalue weighted by Gasteiger charge is 2.06. The van der Waals surface area contributed by atoms with Crippen molar-refractivity contribution in [2.75, 3.05) is 5.73 Å². The molecule has 0 aliphatic carbocycles. The summed E-state index contributed by atoms with van der Waals surface area (Å²) in [6.07, 6.45) is 3.40. The molecule has 0 bridgehead atoms. The zero-order chi connectivity index (χ0) is 11.8. The Labute approximate surface area is 98.0 Å². The Hall–Kier alpha value is -2.49. The second-order valence-corrected chi connectivity index (χ2v) is 3.89. The Bertz CT molecular complexity index is 688. The third-order valence-electron chi connectivity index (χ3n) is 2.66. The van der Waals surface area contributed by atoms with Crippen molar-refractivity contribution in [1.29, 1.82) is 0 Å². The van der Waals surface area contributed by atoms with Crippen LogP contribution in [0.5, 0.6) is 5.75 Å². The number of fused-ring (bicyclic) bond motifs is 1. The topological polar surface area (TPSA) is 63.5 Å². The SMILES string of the molecule is Nc1cccc(-c2ncc3ccc(O)cn23)c1. The summed E-state index contributed by atoms with van der Waals surface area (Å²) < 4.78 is 1.84. The Morgan fingerprint density at radius 2 is 2.06 bits per heavy atom. The van der Waals surface area contributed by atoms with Gasteiger partial charge in [0.15, 0.2) is 0 Å². The summed E-state index contributed by atoms with van der Waals surface area (Å²) in [6.45, 7) is 0. The van der Waals surface area contributed by atoms with Gasteiger partial charge in [0.2, 0.25) is 0 Å². The quantitative estimate of drug-likeness (QED) is 0.624. The fourth-order valence-corrected chi connectivity index (χ4v) is 1.87. The Balaban J connectivity index is 2.27.